The number of carbonyl (C=O) groups excluding carboxylic acids is 1. The van der Waals surface area contributed by atoms with Gasteiger partial charge < -0.3 is 5.32 Å². The fraction of sp³-hybridized carbons (Fsp3) is 0.727. The number of aryl methyl sites for hydroxylation is 1. The summed E-state index contributed by atoms with van der Waals surface area (Å²) in [6, 6.07) is 0.333. The van der Waals surface area contributed by atoms with E-state index in [1.54, 1.807) is 4.68 Å². The summed E-state index contributed by atoms with van der Waals surface area (Å²) < 4.78 is 1.78. The van der Waals surface area contributed by atoms with Crippen molar-refractivity contribution in [3.63, 3.8) is 0 Å². The van der Waals surface area contributed by atoms with Gasteiger partial charge in [0.1, 0.15) is 17.9 Å². The Hall–Kier alpha value is -0.880. The molecule has 0 aromatic carbocycles. The SMILES string of the molecule is CCn1ncnc1CC(=O)CC1CSCCN1. The van der Waals surface area contributed by atoms with E-state index in [0.29, 0.717) is 18.9 Å². The predicted molar refractivity (Wildman–Crippen MR) is 68.1 cm³/mol. The smallest absolute Gasteiger partial charge is 0.142 e. The first kappa shape index (κ1) is 12.6. The van der Waals surface area contributed by atoms with Gasteiger partial charge >= 0.3 is 0 Å². The first-order valence-corrected chi connectivity index (χ1v) is 7.14. The number of rotatable bonds is 5. The number of hydrogen-bond acceptors (Lipinski definition) is 5. The van der Waals surface area contributed by atoms with Crippen molar-refractivity contribution in [1.82, 2.24) is 20.1 Å². The number of Topliss-reactive ketones (excluding diaryl/α,β-unsaturated/α-hetero) is 1. The Morgan fingerprint density at radius 1 is 1.71 bits per heavy atom. The number of ketones is 1. The Morgan fingerprint density at radius 2 is 2.59 bits per heavy atom. The fourth-order valence-electron chi connectivity index (χ4n) is 1.96. The highest BCUT2D eigenvalue weighted by Crippen LogP contribution is 2.11. The van der Waals surface area contributed by atoms with Gasteiger partial charge in [-0.25, -0.2) is 9.67 Å². The normalized spacial score (nSPS) is 20.4. The van der Waals surface area contributed by atoms with E-state index in [2.05, 4.69) is 15.4 Å². The predicted octanol–water partition coefficient (Wildman–Crippen LogP) is 0.505. The van der Waals surface area contributed by atoms with E-state index in [0.717, 1.165) is 30.4 Å². The van der Waals surface area contributed by atoms with Crippen LogP contribution in [0.3, 0.4) is 0 Å². The molecular formula is C11H18N4OS. The number of nitrogens with zero attached hydrogens (tertiary/aromatic N) is 3. The maximum atomic E-state index is 11.9. The minimum absolute atomic E-state index is 0.243. The zero-order valence-electron chi connectivity index (χ0n) is 10.1. The highest BCUT2D eigenvalue weighted by atomic mass is 32.2. The van der Waals surface area contributed by atoms with E-state index in [4.69, 9.17) is 0 Å². The van der Waals surface area contributed by atoms with Crippen molar-refractivity contribution >= 4 is 17.5 Å². The second-order valence-electron chi connectivity index (χ2n) is 4.14. The monoisotopic (exact) mass is 254 g/mol. The van der Waals surface area contributed by atoms with Gasteiger partial charge in [0.25, 0.3) is 0 Å². The van der Waals surface area contributed by atoms with Crippen LogP contribution in [0.15, 0.2) is 6.33 Å². The third-order valence-corrected chi connectivity index (χ3v) is 3.95. The summed E-state index contributed by atoms with van der Waals surface area (Å²) in [5.74, 6) is 3.20. The molecule has 0 aliphatic carbocycles. The molecule has 6 heteroatoms. The lowest BCUT2D eigenvalue weighted by atomic mass is 10.1. The molecule has 0 amide bonds. The summed E-state index contributed by atoms with van der Waals surface area (Å²) >= 11 is 1.91. The molecule has 0 radical (unpaired) electrons. The molecule has 1 unspecified atom stereocenters. The average Bonchev–Trinajstić information content (AvgIpc) is 2.77. The van der Waals surface area contributed by atoms with Gasteiger partial charge in [-0.3, -0.25) is 4.79 Å². The Labute approximate surface area is 105 Å². The Morgan fingerprint density at radius 3 is 3.29 bits per heavy atom. The largest absolute Gasteiger partial charge is 0.312 e. The van der Waals surface area contributed by atoms with Crippen LogP contribution in [0.1, 0.15) is 19.2 Å². The lowest BCUT2D eigenvalue weighted by molar-refractivity contribution is -0.119. The molecule has 1 fully saturated rings. The summed E-state index contributed by atoms with van der Waals surface area (Å²) in [6.07, 6.45) is 2.51. The van der Waals surface area contributed by atoms with Gasteiger partial charge in [0.15, 0.2) is 0 Å². The molecule has 5 nitrogen and oxygen atoms in total. The van der Waals surface area contributed by atoms with Gasteiger partial charge in [-0.05, 0) is 6.92 Å². The van der Waals surface area contributed by atoms with Crippen molar-refractivity contribution in [2.24, 2.45) is 0 Å². The van der Waals surface area contributed by atoms with Crippen molar-refractivity contribution in [3.05, 3.63) is 12.2 Å². The molecule has 1 aromatic heterocycles. The van der Waals surface area contributed by atoms with E-state index < -0.39 is 0 Å². The lowest BCUT2D eigenvalue weighted by Gasteiger charge is -2.22. The van der Waals surface area contributed by atoms with Crippen LogP contribution in [0, 0.1) is 0 Å². The molecule has 1 saturated heterocycles. The minimum atomic E-state index is 0.243. The van der Waals surface area contributed by atoms with Crippen LogP contribution in [0.2, 0.25) is 0 Å². The first-order valence-electron chi connectivity index (χ1n) is 5.99. The van der Waals surface area contributed by atoms with Crippen LogP contribution in [0.4, 0.5) is 0 Å². The van der Waals surface area contributed by atoms with Gasteiger partial charge in [0.05, 0.1) is 6.42 Å². The quantitative estimate of drug-likeness (QED) is 0.829. The Balaban J connectivity index is 1.84. The molecular weight excluding hydrogens is 236 g/mol. The van der Waals surface area contributed by atoms with Crippen molar-refractivity contribution < 1.29 is 4.79 Å². The van der Waals surface area contributed by atoms with Crippen LogP contribution in [-0.4, -0.2) is 44.6 Å². The molecule has 17 heavy (non-hydrogen) atoms. The molecule has 94 valence electrons. The van der Waals surface area contributed by atoms with Gasteiger partial charge in [-0.1, -0.05) is 0 Å². The van der Waals surface area contributed by atoms with E-state index in [1.165, 1.54) is 6.33 Å². The van der Waals surface area contributed by atoms with Gasteiger partial charge in [-0.15, -0.1) is 0 Å². The number of nitrogens with one attached hydrogen (secondary N) is 1. The summed E-state index contributed by atoms with van der Waals surface area (Å²) in [5.41, 5.74) is 0. The number of hydrogen-bond donors (Lipinski definition) is 1. The van der Waals surface area contributed by atoms with Crippen molar-refractivity contribution in [3.8, 4) is 0 Å². The van der Waals surface area contributed by atoms with Crippen molar-refractivity contribution in [2.75, 3.05) is 18.1 Å². The summed E-state index contributed by atoms with van der Waals surface area (Å²) in [4.78, 5) is 16.0. The lowest BCUT2D eigenvalue weighted by Crippen LogP contribution is -2.39. The van der Waals surface area contributed by atoms with Gasteiger partial charge in [-0.2, -0.15) is 16.9 Å². The van der Waals surface area contributed by atoms with E-state index in [9.17, 15) is 4.79 Å². The fourth-order valence-corrected chi connectivity index (χ4v) is 2.91. The number of thioether (sulfide) groups is 1. The molecule has 1 atom stereocenters. The summed E-state index contributed by atoms with van der Waals surface area (Å²) in [7, 11) is 0. The molecule has 1 aliphatic heterocycles. The zero-order valence-corrected chi connectivity index (χ0v) is 10.9. The number of aromatic nitrogens is 3. The maximum Gasteiger partial charge on any atom is 0.142 e. The van der Waals surface area contributed by atoms with Gasteiger partial charge in [0.2, 0.25) is 0 Å². The number of carbonyl (C=O) groups is 1. The highest BCUT2D eigenvalue weighted by molar-refractivity contribution is 7.99. The second kappa shape index (κ2) is 6.16. The first-order chi connectivity index (χ1) is 8.29. The highest BCUT2D eigenvalue weighted by Gasteiger charge is 2.18. The van der Waals surface area contributed by atoms with Crippen LogP contribution in [0.5, 0.6) is 0 Å². The molecule has 2 rings (SSSR count). The Kier molecular flexibility index (Phi) is 4.56. The molecule has 0 spiro atoms. The molecule has 1 aliphatic rings. The van der Waals surface area contributed by atoms with Crippen LogP contribution < -0.4 is 5.32 Å². The standard InChI is InChI=1S/C11H18N4OS/c1-2-15-11(13-8-14-15)6-10(16)5-9-7-17-4-3-12-9/h8-9,12H,2-7H2,1H3. The van der Waals surface area contributed by atoms with E-state index >= 15 is 0 Å². The third-order valence-electron chi connectivity index (χ3n) is 2.82. The van der Waals surface area contributed by atoms with Crippen LogP contribution in [0.25, 0.3) is 0 Å². The van der Waals surface area contributed by atoms with Crippen molar-refractivity contribution in [2.45, 2.75) is 32.4 Å². The van der Waals surface area contributed by atoms with Crippen LogP contribution in [-0.2, 0) is 17.8 Å². The zero-order chi connectivity index (χ0) is 12.1. The molecule has 1 aromatic rings. The molecule has 2 heterocycles. The van der Waals surface area contributed by atoms with Crippen molar-refractivity contribution in [1.29, 1.82) is 0 Å². The van der Waals surface area contributed by atoms with E-state index in [-0.39, 0.29) is 5.78 Å². The minimum Gasteiger partial charge on any atom is -0.312 e. The van der Waals surface area contributed by atoms with E-state index in [1.807, 2.05) is 18.7 Å². The Bertz CT molecular complexity index is 373. The maximum absolute atomic E-state index is 11.9. The molecule has 0 saturated carbocycles. The van der Waals surface area contributed by atoms with Crippen LogP contribution >= 0.6 is 11.8 Å². The third kappa shape index (κ3) is 3.54. The molecule has 0 bridgehead atoms. The second-order valence-corrected chi connectivity index (χ2v) is 5.29. The topological polar surface area (TPSA) is 59.8 Å². The van der Waals surface area contributed by atoms with Gasteiger partial charge in [0, 0.05) is 37.1 Å². The summed E-state index contributed by atoms with van der Waals surface area (Å²) in [5, 5.41) is 7.44. The average molecular weight is 254 g/mol. The summed E-state index contributed by atoms with van der Waals surface area (Å²) in [6.45, 7) is 3.77. The molecule has 1 N–H and O–H groups in total.